The standard InChI is InChI=1S/C20H28N2O4/c1-20(2,3)19-21-17(22-26-19)14-25-16-12-9-8-11-15(16)10-6-4-5-7-13-18(23)24/h8-9,11-12H,4-7,10,13-14H2,1-3H3,(H,23,24). The molecule has 0 bridgehead atoms. The number of nitrogens with zero attached hydrogens (tertiary/aromatic N) is 2. The van der Waals surface area contributed by atoms with Gasteiger partial charge in [-0.25, -0.2) is 0 Å². The van der Waals surface area contributed by atoms with Crippen LogP contribution in [0.5, 0.6) is 5.75 Å². The van der Waals surface area contributed by atoms with Gasteiger partial charge in [0.2, 0.25) is 11.7 Å². The number of para-hydroxylation sites is 1. The minimum atomic E-state index is -0.722. The van der Waals surface area contributed by atoms with Crippen LogP contribution in [0.4, 0.5) is 0 Å². The summed E-state index contributed by atoms with van der Waals surface area (Å²) in [6.45, 7) is 6.35. The number of aryl methyl sites for hydroxylation is 1. The van der Waals surface area contributed by atoms with Crippen molar-refractivity contribution in [2.45, 2.75) is 71.3 Å². The molecule has 0 aliphatic heterocycles. The van der Waals surface area contributed by atoms with Gasteiger partial charge in [-0.3, -0.25) is 4.79 Å². The second-order valence-electron chi connectivity index (χ2n) is 7.47. The van der Waals surface area contributed by atoms with E-state index >= 15 is 0 Å². The molecule has 26 heavy (non-hydrogen) atoms. The maximum absolute atomic E-state index is 10.5. The number of hydrogen-bond donors (Lipinski definition) is 1. The fourth-order valence-corrected chi connectivity index (χ4v) is 2.56. The van der Waals surface area contributed by atoms with Crippen molar-refractivity contribution in [1.29, 1.82) is 0 Å². The van der Waals surface area contributed by atoms with E-state index in [9.17, 15) is 4.79 Å². The third kappa shape index (κ3) is 6.50. The fraction of sp³-hybridized carbons (Fsp3) is 0.550. The first-order valence-corrected chi connectivity index (χ1v) is 9.12. The molecule has 0 atom stereocenters. The molecular weight excluding hydrogens is 332 g/mol. The van der Waals surface area contributed by atoms with E-state index in [0.29, 0.717) is 11.7 Å². The monoisotopic (exact) mass is 360 g/mol. The first-order chi connectivity index (χ1) is 12.4. The number of carboxylic acid groups (broad SMARTS) is 1. The first-order valence-electron chi connectivity index (χ1n) is 9.12. The molecule has 6 nitrogen and oxygen atoms in total. The van der Waals surface area contributed by atoms with Gasteiger partial charge >= 0.3 is 5.97 Å². The number of carbonyl (C=O) groups is 1. The van der Waals surface area contributed by atoms with Gasteiger partial charge in [0, 0.05) is 11.8 Å². The maximum atomic E-state index is 10.5. The second-order valence-corrected chi connectivity index (χ2v) is 7.47. The molecule has 1 N–H and O–H groups in total. The predicted molar refractivity (Wildman–Crippen MR) is 98.2 cm³/mol. The lowest BCUT2D eigenvalue weighted by atomic mass is 9.97. The highest BCUT2D eigenvalue weighted by Crippen LogP contribution is 2.23. The van der Waals surface area contributed by atoms with Crippen LogP contribution in [0.2, 0.25) is 0 Å². The van der Waals surface area contributed by atoms with Crippen LogP contribution >= 0.6 is 0 Å². The van der Waals surface area contributed by atoms with Crippen molar-refractivity contribution in [1.82, 2.24) is 10.1 Å². The summed E-state index contributed by atoms with van der Waals surface area (Å²) in [5, 5.41) is 12.6. The number of rotatable bonds is 10. The van der Waals surface area contributed by atoms with Gasteiger partial charge in [0.25, 0.3) is 0 Å². The van der Waals surface area contributed by atoms with Gasteiger partial charge in [-0.05, 0) is 30.9 Å². The summed E-state index contributed by atoms with van der Waals surface area (Å²) >= 11 is 0. The van der Waals surface area contributed by atoms with Crippen LogP contribution in [0, 0.1) is 0 Å². The topological polar surface area (TPSA) is 85.5 Å². The van der Waals surface area contributed by atoms with Gasteiger partial charge in [0.1, 0.15) is 5.75 Å². The molecule has 1 aromatic carbocycles. The quantitative estimate of drug-likeness (QED) is 0.627. The first kappa shape index (κ1) is 19.9. The predicted octanol–water partition coefficient (Wildman–Crippen LogP) is 4.52. The van der Waals surface area contributed by atoms with Gasteiger partial charge in [-0.2, -0.15) is 4.98 Å². The highest BCUT2D eigenvalue weighted by Gasteiger charge is 2.21. The molecule has 2 aromatic rings. The van der Waals surface area contributed by atoms with Crippen molar-refractivity contribution in [3.05, 3.63) is 41.5 Å². The molecule has 0 radical (unpaired) electrons. The largest absolute Gasteiger partial charge is 0.485 e. The Kier molecular flexibility index (Phi) is 7.18. The van der Waals surface area contributed by atoms with Crippen LogP contribution in [0.1, 0.15) is 70.2 Å². The molecule has 0 aliphatic rings. The summed E-state index contributed by atoms with van der Waals surface area (Å²) in [7, 11) is 0. The molecule has 0 aliphatic carbocycles. The molecule has 0 spiro atoms. The van der Waals surface area contributed by atoms with Crippen molar-refractivity contribution < 1.29 is 19.2 Å². The van der Waals surface area contributed by atoms with Crippen molar-refractivity contribution in [2.24, 2.45) is 0 Å². The molecule has 142 valence electrons. The Labute approximate surface area is 154 Å². The highest BCUT2D eigenvalue weighted by molar-refractivity contribution is 5.66. The lowest BCUT2D eigenvalue weighted by Gasteiger charge is -2.11. The van der Waals surface area contributed by atoms with Gasteiger partial charge in [-0.15, -0.1) is 0 Å². The van der Waals surface area contributed by atoms with E-state index in [1.54, 1.807) is 0 Å². The molecule has 6 heteroatoms. The average molecular weight is 360 g/mol. The average Bonchev–Trinajstić information content (AvgIpc) is 3.06. The Balaban J connectivity index is 1.82. The molecule has 1 heterocycles. The third-order valence-electron chi connectivity index (χ3n) is 4.03. The SMILES string of the molecule is CC(C)(C)c1nc(COc2ccccc2CCCCCCC(=O)O)no1. The molecule has 0 amide bonds. The summed E-state index contributed by atoms with van der Waals surface area (Å²) in [5.74, 6) is 1.25. The number of ether oxygens (including phenoxy) is 1. The summed E-state index contributed by atoms with van der Waals surface area (Å²) in [6, 6.07) is 7.95. The number of carboxylic acids is 1. The number of benzene rings is 1. The summed E-state index contributed by atoms with van der Waals surface area (Å²) in [4.78, 5) is 14.9. The molecule has 0 saturated carbocycles. The highest BCUT2D eigenvalue weighted by atomic mass is 16.5. The normalized spacial score (nSPS) is 11.5. The van der Waals surface area contributed by atoms with Gasteiger partial charge in [0.05, 0.1) is 0 Å². The third-order valence-corrected chi connectivity index (χ3v) is 4.03. The molecular formula is C20H28N2O4. The van der Waals surface area contributed by atoms with Crippen LogP contribution in [-0.4, -0.2) is 21.2 Å². The van der Waals surface area contributed by atoms with Gasteiger partial charge in [-0.1, -0.05) is 57.0 Å². The van der Waals surface area contributed by atoms with E-state index in [1.165, 1.54) is 0 Å². The molecule has 2 rings (SSSR count). The lowest BCUT2D eigenvalue weighted by molar-refractivity contribution is -0.137. The molecule has 0 saturated heterocycles. The zero-order valence-electron chi connectivity index (χ0n) is 15.8. The number of aliphatic carboxylic acids is 1. The van der Waals surface area contributed by atoms with E-state index in [4.69, 9.17) is 14.4 Å². The lowest BCUT2D eigenvalue weighted by Crippen LogP contribution is -2.11. The van der Waals surface area contributed by atoms with Gasteiger partial charge < -0.3 is 14.4 Å². The molecule has 0 fully saturated rings. The van der Waals surface area contributed by atoms with E-state index in [-0.39, 0.29) is 18.4 Å². The summed E-state index contributed by atoms with van der Waals surface area (Å²) < 4.78 is 11.2. The second kappa shape index (κ2) is 9.36. The van der Waals surface area contributed by atoms with Crippen LogP contribution in [0.15, 0.2) is 28.8 Å². The Hall–Kier alpha value is -2.37. The van der Waals surface area contributed by atoms with Gasteiger partial charge in [0.15, 0.2) is 6.61 Å². The molecule has 1 aromatic heterocycles. The summed E-state index contributed by atoms with van der Waals surface area (Å²) in [5.41, 5.74) is 0.967. The number of unbranched alkanes of at least 4 members (excludes halogenated alkanes) is 3. The van der Waals surface area contributed by atoms with Crippen molar-refractivity contribution in [2.75, 3.05) is 0 Å². The maximum Gasteiger partial charge on any atom is 0.303 e. The Morgan fingerprint density at radius 2 is 1.88 bits per heavy atom. The number of hydrogen-bond acceptors (Lipinski definition) is 5. The minimum Gasteiger partial charge on any atom is -0.485 e. The van der Waals surface area contributed by atoms with Crippen LogP contribution < -0.4 is 4.74 Å². The van der Waals surface area contributed by atoms with Crippen molar-refractivity contribution in [3.63, 3.8) is 0 Å². The summed E-state index contributed by atoms with van der Waals surface area (Å²) in [6.07, 6.45) is 4.86. The Morgan fingerprint density at radius 3 is 2.58 bits per heavy atom. The molecule has 0 unspecified atom stereocenters. The van der Waals surface area contributed by atoms with Crippen molar-refractivity contribution in [3.8, 4) is 5.75 Å². The van der Waals surface area contributed by atoms with Crippen LogP contribution in [-0.2, 0) is 23.2 Å². The fourth-order valence-electron chi connectivity index (χ4n) is 2.56. The minimum absolute atomic E-state index is 0.177. The Bertz CT molecular complexity index is 704. The zero-order chi connectivity index (χ0) is 19.0. The van der Waals surface area contributed by atoms with E-state index in [2.05, 4.69) is 16.2 Å². The zero-order valence-corrected chi connectivity index (χ0v) is 15.8. The van der Waals surface area contributed by atoms with E-state index in [0.717, 1.165) is 43.4 Å². The van der Waals surface area contributed by atoms with Crippen LogP contribution in [0.3, 0.4) is 0 Å². The van der Waals surface area contributed by atoms with E-state index < -0.39 is 5.97 Å². The Morgan fingerprint density at radius 1 is 1.15 bits per heavy atom. The smallest absolute Gasteiger partial charge is 0.303 e. The van der Waals surface area contributed by atoms with Crippen LogP contribution in [0.25, 0.3) is 0 Å². The number of aromatic nitrogens is 2. The van der Waals surface area contributed by atoms with Crippen molar-refractivity contribution >= 4 is 5.97 Å². The van der Waals surface area contributed by atoms with E-state index in [1.807, 2.05) is 39.0 Å².